The van der Waals surface area contributed by atoms with Gasteiger partial charge in [0.05, 0.1) is 9.73 Å². The van der Waals surface area contributed by atoms with Crippen LogP contribution in [0.3, 0.4) is 0 Å². The van der Waals surface area contributed by atoms with Gasteiger partial charge in [-0.25, -0.2) is 4.21 Å². The van der Waals surface area contributed by atoms with Crippen molar-refractivity contribution in [3.05, 3.63) is 30.3 Å². The molecule has 0 radical (unpaired) electrons. The van der Waals surface area contributed by atoms with E-state index in [4.69, 9.17) is 5.26 Å². The fourth-order valence-electron chi connectivity index (χ4n) is 0.804. The molecule has 0 aromatic heterocycles. The molecule has 62 valence electrons. The van der Waals surface area contributed by atoms with Crippen LogP contribution in [0.4, 0.5) is 0 Å². The molecule has 1 aromatic rings. The zero-order valence-electron chi connectivity index (χ0n) is 6.60. The van der Waals surface area contributed by atoms with E-state index in [-0.39, 0.29) is 0 Å². The summed E-state index contributed by atoms with van der Waals surface area (Å²) in [6.45, 7) is 0. The van der Waals surface area contributed by atoms with Gasteiger partial charge >= 0.3 is 0 Å². The van der Waals surface area contributed by atoms with E-state index in [0.717, 1.165) is 0 Å². The summed E-state index contributed by atoms with van der Waals surface area (Å²) in [7, 11) is -2.50. The first-order chi connectivity index (χ1) is 5.67. The third-order valence-electron chi connectivity index (χ3n) is 1.40. The van der Waals surface area contributed by atoms with Crippen LogP contribution in [-0.2, 0) is 9.73 Å². The second kappa shape index (κ2) is 3.37. The standard InChI is InChI=1S/C8H8N2OS/c1-12(11,10-7-9)8-5-3-2-4-6-8/h2-6H,1H3. The number of rotatable bonds is 1. The van der Waals surface area contributed by atoms with Crippen LogP contribution < -0.4 is 0 Å². The second-order valence-electron chi connectivity index (χ2n) is 2.31. The van der Waals surface area contributed by atoms with Crippen LogP contribution in [0, 0.1) is 11.5 Å². The smallest absolute Gasteiger partial charge is 0.214 e. The van der Waals surface area contributed by atoms with E-state index in [0.29, 0.717) is 4.90 Å². The predicted molar refractivity (Wildman–Crippen MR) is 46.8 cm³/mol. The third-order valence-corrected chi connectivity index (χ3v) is 2.97. The SMILES string of the molecule is CS(=O)(=NC#N)c1ccccc1. The first-order valence-corrected chi connectivity index (χ1v) is 5.24. The molecule has 0 aliphatic carbocycles. The van der Waals surface area contributed by atoms with E-state index in [1.54, 1.807) is 30.5 Å². The molecule has 0 aliphatic rings. The van der Waals surface area contributed by atoms with Crippen LogP contribution in [0.1, 0.15) is 0 Å². The molecule has 12 heavy (non-hydrogen) atoms. The highest BCUT2D eigenvalue weighted by atomic mass is 32.2. The van der Waals surface area contributed by atoms with Gasteiger partial charge in [0.1, 0.15) is 0 Å². The summed E-state index contributed by atoms with van der Waals surface area (Å²) < 4.78 is 15.0. The lowest BCUT2D eigenvalue weighted by Crippen LogP contribution is -1.95. The van der Waals surface area contributed by atoms with Crippen molar-refractivity contribution in [2.24, 2.45) is 4.36 Å². The van der Waals surface area contributed by atoms with E-state index in [9.17, 15) is 4.21 Å². The zero-order valence-corrected chi connectivity index (χ0v) is 7.41. The van der Waals surface area contributed by atoms with Crippen LogP contribution in [0.25, 0.3) is 0 Å². The van der Waals surface area contributed by atoms with Gasteiger partial charge in [0, 0.05) is 11.2 Å². The third kappa shape index (κ3) is 1.83. The Morgan fingerprint density at radius 3 is 2.50 bits per heavy atom. The minimum absolute atomic E-state index is 0.589. The summed E-state index contributed by atoms with van der Waals surface area (Å²) in [5.74, 6) is 0. The molecule has 0 saturated carbocycles. The lowest BCUT2D eigenvalue weighted by atomic mass is 10.4. The first kappa shape index (κ1) is 8.75. The summed E-state index contributed by atoms with van der Waals surface area (Å²) in [4.78, 5) is 0.589. The van der Waals surface area contributed by atoms with Crippen molar-refractivity contribution in [3.8, 4) is 6.19 Å². The molecule has 0 aliphatic heterocycles. The summed E-state index contributed by atoms with van der Waals surface area (Å²) in [6.07, 6.45) is 3.01. The fraction of sp³-hybridized carbons (Fsp3) is 0.125. The average molecular weight is 180 g/mol. The minimum atomic E-state index is -2.50. The largest absolute Gasteiger partial charge is 0.244 e. The molecule has 0 heterocycles. The summed E-state index contributed by atoms with van der Waals surface area (Å²) in [5, 5.41) is 8.27. The lowest BCUT2D eigenvalue weighted by molar-refractivity contribution is 0.681. The van der Waals surface area contributed by atoms with Crippen molar-refractivity contribution in [3.63, 3.8) is 0 Å². The molecule has 1 atom stereocenters. The molecule has 0 fully saturated rings. The van der Waals surface area contributed by atoms with Crippen molar-refractivity contribution < 1.29 is 4.21 Å². The van der Waals surface area contributed by atoms with Gasteiger partial charge in [0.25, 0.3) is 0 Å². The average Bonchev–Trinajstić information content (AvgIpc) is 2.06. The van der Waals surface area contributed by atoms with Gasteiger partial charge in [-0.1, -0.05) is 18.2 Å². The number of hydrogen-bond acceptors (Lipinski definition) is 3. The molecule has 0 amide bonds. The van der Waals surface area contributed by atoms with Crippen molar-refractivity contribution >= 4 is 9.73 Å². The second-order valence-corrected chi connectivity index (χ2v) is 4.57. The first-order valence-electron chi connectivity index (χ1n) is 3.32. The quantitative estimate of drug-likeness (QED) is 0.617. The van der Waals surface area contributed by atoms with Crippen LogP contribution in [0.15, 0.2) is 39.6 Å². The highest BCUT2D eigenvalue weighted by Crippen LogP contribution is 2.09. The predicted octanol–water partition coefficient (Wildman–Crippen LogP) is 1.62. The summed E-state index contributed by atoms with van der Waals surface area (Å²) in [6, 6.07) is 8.76. The molecule has 0 N–H and O–H groups in total. The molecule has 1 rings (SSSR count). The lowest BCUT2D eigenvalue weighted by Gasteiger charge is -1.98. The number of nitrogens with zero attached hydrogens (tertiary/aromatic N) is 2. The zero-order chi connectivity index (χ0) is 9.03. The highest BCUT2D eigenvalue weighted by Gasteiger charge is 2.02. The van der Waals surface area contributed by atoms with E-state index in [1.807, 2.05) is 6.07 Å². The molecule has 4 heteroatoms. The maximum absolute atomic E-state index is 11.6. The Labute approximate surface area is 71.8 Å². The Balaban J connectivity index is 3.28. The Morgan fingerprint density at radius 1 is 1.42 bits per heavy atom. The van der Waals surface area contributed by atoms with E-state index >= 15 is 0 Å². The van der Waals surface area contributed by atoms with Gasteiger partial charge in [0.2, 0.25) is 6.19 Å². The minimum Gasteiger partial charge on any atom is -0.244 e. The topological polar surface area (TPSA) is 53.2 Å². The molecule has 3 nitrogen and oxygen atoms in total. The van der Waals surface area contributed by atoms with Crippen molar-refractivity contribution in [2.75, 3.05) is 6.26 Å². The van der Waals surface area contributed by atoms with Gasteiger partial charge in [-0.05, 0) is 12.1 Å². The molecule has 0 bridgehead atoms. The Kier molecular flexibility index (Phi) is 2.46. The summed E-state index contributed by atoms with van der Waals surface area (Å²) in [5.41, 5.74) is 0. The highest BCUT2D eigenvalue weighted by molar-refractivity contribution is 7.93. The van der Waals surface area contributed by atoms with E-state index in [1.165, 1.54) is 6.26 Å². The van der Waals surface area contributed by atoms with Crippen LogP contribution >= 0.6 is 0 Å². The maximum atomic E-state index is 11.6. The van der Waals surface area contributed by atoms with Gasteiger partial charge < -0.3 is 0 Å². The van der Waals surface area contributed by atoms with Gasteiger partial charge in [-0.3, -0.25) is 0 Å². The number of hydrogen-bond donors (Lipinski definition) is 0. The Morgan fingerprint density at radius 2 is 2.00 bits per heavy atom. The molecular weight excluding hydrogens is 172 g/mol. The maximum Gasteiger partial charge on any atom is 0.214 e. The van der Waals surface area contributed by atoms with Crippen LogP contribution in [-0.4, -0.2) is 10.5 Å². The van der Waals surface area contributed by atoms with Crippen molar-refractivity contribution in [1.82, 2.24) is 0 Å². The van der Waals surface area contributed by atoms with Gasteiger partial charge in [-0.15, -0.1) is 4.36 Å². The normalized spacial score (nSPS) is 14.3. The Hall–Kier alpha value is -1.34. The fourth-order valence-corrected chi connectivity index (χ4v) is 1.73. The van der Waals surface area contributed by atoms with Crippen molar-refractivity contribution in [2.45, 2.75) is 4.90 Å². The molecule has 1 unspecified atom stereocenters. The molecule has 1 aromatic carbocycles. The van der Waals surface area contributed by atoms with Crippen molar-refractivity contribution in [1.29, 1.82) is 5.26 Å². The summed E-state index contributed by atoms with van der Waals surface area (Å²) >= 11 is 0. The molecular formula is C8H8N2OS. The van der Waals surface area contributed by atoms with Gasteiger partial charge in [-0.2, -0.15) is 5.26 Å². The van der Waals surface area contributed by atoms with Crippen LogP contribution in [0.5, 0.6) is 0 Å². The molecule has 0 saturated heterocycles. The van der Waals surface area contributed by atoms with Crippen LogP contribution in [0.2, 0.25) is 0 Å². The van der Waals surface area contributed by atoms with E-state index in [2.05, 4.69) is 4.36 Å². The Bertz CT molecular complexity index is 410. The number of nitriles is 1. The number of benzene rings is 1. The monoisotopic (exact) mass is 180 g/mol. The van der Waals surface area contributed by atoms with E-state index < -0.39 is 9.73 Å². The van der Waals surface area contributed by atoms with Gasteiger partial charge in [0.15, 0.2) is 0 Å². The molecule has 0 spiro atoms.